The highest BCUT2D eigenvalue weighted by atomic mass is 16.5. The van der Waals surface area contributed by atoms with Crippen molar-refractivity contribution in [3.8, 4) is 11.5 Å². The fraction of sp³-hybridized carbons (Fsp3) is 0.391. The highest BCUT2D eigenvalue weighted by Crippen LogP contribution is 2.40. The first-order valence-electron chi connectivity index (χ1n) is 9.65. The van der Waals surface area contributed by atoms with Gasteiger partial charge in [-0.2, -0.15) is 0 Å². The summed E-state index contributed by atoms with van der Waals surface area (Å²) in [5, 5.41) is 14.7. The molecule has 4 rings (SSSR count). The van der Waals surface area contributed by atoms with Gasteiger partial charge in [0.25, 0.3) is 0 Å². The van der Waals surface area contributed by atoms with E-state index in [0.717, 1.165) is 49.5 Å². The maximum absolute atomic E-state index is 9.79. The molecular weight excluding hydrogens is 338 g/mol. The zero-order valence-electron chi connectivity index (χ0n) is 16.3. The maximum Gasteiger partial charge on any atom is 0.125 e. The minimum absolute atomic E-state index is 0.0296. The zero-order chi connectivity index (χ0) is 19.0. The highest BCUT2D eigenvalue weighted by molar-refractivity contribution is 6.12. The summed E-state index contributed by atoms with van der Waals surface area (Å²) < 4.78 is 11.1. The first-order valence-corrected chi connectivity index (χ1v) is 9.65. The molecule has 0 amide bonds. The number of hydrogen-bond donors (Lipinski definition) is 1. The van der Waals surface area contributed by atoms with Gasteiger partial charge < -0.3 is 14.6 Å². The van der Waals surface area contributed by atoms with Crippen molar-refractivity contribution in [2.45, 2.75) is 32.9 Å². The van der Waals surface area contributed by atoms with Crippen LogP contribution in [0.15, 0.2) is 30.3 Å². The number of benzene rings is 3. The SMILES string of the molecule is CCCN1CCc2c(c3cc(OC)ccc3c3cc(CO)c(OC)cc23)C1. The molecule has 0 saturated carbocycles. The van der Waals surface area contributed by atoms with Crippen molar-refractivity contribution >= 4 is 21.5 Å². The quantitative estimate of drug-likeness (QED) is 0.686. The number of aliphatic hydroxyl groups excluding tert-OH is 1. The third kappa shape index (κ3) is 3.03. The van der Waals surface area contributed by atoms with Crippen LogP contribution in [0, 0.1) is 0 Å². The van der Waals surface area contributed by atoms with Crippen LogP contribution in [0.1, 0.15) is 30.0 Å². The lowest BCUT2D eigenvalue weighted by atomic mass is 9.86. The minimum Gasteiger partial charge on any atom is -0.497 e. The number of aliphatic hydroxyl groups is 1. The van der Waals surface area contributed by atoms with E-state index in [-0.39, 0.29) is 6.61 Å². The molecule has 3 aromatic rings. The van der Waals surface area contributed by atoms with Gasteiger partial charge in [0.1, 0.15) is 11.5 Å². The maximum atomic E-state index is 9.79. The monoisotopic (exact) mass is 365 g/mol. The molecule has 1 heterocycles. The van der Waals surface area contributed by atoms with Crippen LogP contribution in [-0.4, -0.2) is 37.3 Å². The van der Waals surface area contributed by atoms with Crippen LogP contribution in [0.4, 0.5) is 0 Å². The average Bonchev–Trinajstić information content (AvgIpc) is 2.72. The van der Waals surface area contributed by atoms with Gasteiger partial charge in [-0.3, -0.25) is 4.90 Å². The van der Waals surface area contributed by atoms with Gasteiger partial charge in [0.15, 0.2) is 0 Å². The van der Waals surface area contributed by atoms with Gasteiger partial charge in [-0.15, -0.1) is 0 Å². The van der Waals surface area contributed by atoms with Crippen LogP contribution in [-0.2, 0) is 19.6 Å². The summed E-state index contributed by atoms with van der Waals surface area (Å²) in [6.07, 6.45) is 2.19. The van der Waals surface area contributed by atoms with Crippen molar-refractivity contribution in [1.29, 1.82) is 0 Å². The molecule has 0 aromatic heterocycles. The van der Waals surface area contributed by atoms with Crippen molar-refractivity contribution in [2.75, 3.05) is 27.3 Å². The van der Waals surface area contributed by atoms with Crippen molar-refractivity contribution in [3.63, 3.8) is 0 Å². The number of methoxy groups -OCH3 is 2. The fourth-order valence-electron chi connectivity index (χ4n) is 4.42. The average molecular weight is 365 g/mol. The fourth-order valence-corrected chi connectivity index (χ4v) is 4.42. The van der Waals surface area contributed by atoms with E-state index in [9.17, 15) is 5.11 Å². The van der Waals surface area contributed by atoms with Crippen LogP contribution < -0.4 is 9.47 Å². The van der Waals surface area contributed by atoms with E-state index in [2.05, 4.69) is 36.1 Å². The Morgan fingerprint density at radius 3 is 2.48 bits per heavy atom. The Morgan fingerprint density at radius 1 is 0.963 bits per heavy atom. The third-order valence-electron chi connectivity index (χ3n) is 5.72. The molecule has 0 atom stereocenters. The molecule has 0 bridgehead atoms. The van der Waals surface area contributed by atoms with Crippen LogP contribution >= 0.6 is 0 Å². The second kappa shape index (κ2) is 7.37. The molecule has 4 heteroatoms. The molecule has 3 aromatic carbocycles. The van der Waals surface area contributed by atoms with Crippen LogP contribution in [0.25, 0.3) is 21.5 Å². The molecule has 1 N–H and O–H groups in total. The van der Waals surface area contributed by atoms with E-state index >= 15 is 0 Å². The van der Waals surface area contributed by atoms with E-state index in [1.54, 1.807) is 14.2 Å². The first-order chi connectivity index (χ1) is 13.2. The largest absolute Gasteiger partial charge is 0.497 e. The predicted molar refractivity (Wildman–Crippen MR) is 110 cm³/mol. The first kappa shape index (κ1) is 18.1. The third-order valence-corrected chi connectivity index (χ3v) is 5.72. The van der Waals surface area contributed by atoms with Crippen LogP contribution in [0.3, 0.4) is 0 Å². The van der Waals surface area contributed by atoms with Crippen molar-refractivity contribution in [1.82, 2.24) is 4.90 Å². The van der Waals surface area contributed by atoms with Crippen molar-refractivity contribution in [3.05, 3.63) is 47.0 Å². The van der Waals surface area contributed by atoms with E-state index in [1.165, 1.54) is 32.7 Å². The summed E-state index contributed by atoms with van der Waals surface area (Å²) >= 11 is 0. The summed E-state index contributed by atoms with van der Waals surface area (Å²) in [4.78, 5) is 2.53. The number of fused-ring (bicyclic) bond motifs is 6. The molecule has 142 valence electrons. The molecule has 4 nitrogen and oxygen atoms in total. The number of nitrogens with zero attached hydrogens (tertiary/aromatic N) is 1. The molecule has 1 aliphatic heterocycles. The Balaban J connectivity index is 2.06. The molecular formula is C23H27NO3. The Labute approximate surface area is 160 Å². The highest BCUT2D eigenvalue weighted by Gasteiger charge is 2.22. The lowest BCUT2D eigenvalue weighted by Gasteiger charge is -2.31. The molecule has 1 aliphatic rings. The van der Waals surface area contributed by atoms with Gasteiger partial charge in [-0.05, 0) is 76.3 Å². The van der Waals surface area contributed by atoms with E-state index < -0.39 is 0 Å². The lowest BCUT2D eigenvalue weighted by molar-refractivity contribution is 0.256. The second-order valence-electron chi connectivity index (χ2n) is 7.26. The molecule has 0 radical (unpaired) electrons. The zero-order valence-corrected chi connectivity index (χ0v) is 16.3. The van der Waals surface area contributed by atoms with E-state index in [4.69, 9.17) is 9.47 Å². The summed E-state index contributed by atoms with van der Waals surface area (Å²) in [5.41, 5.74) is 3.63. The topological polar surface area (TPSA) is 41.9 Å². The number of hydrogen-bond acceptors (Lipinski definition) is 4. The number of ether oxygens (including phenoxy) is 2. The Bertz CT molecular complexity index is 996. The molecule has 0 fully saturated rings. The number of rotatable bonds is 5. The molecule has 27 heavy (non-hydrogen) atoms. The van der Waals surface area contributed by atoms with Crippen molar-refractivity contribution in [2.24, 2.45) is 0 Å². The molecule has 0 spiro atoms. The van der Waals surface area contributed by atoms with E-state index in [1.807, 2.05) is 6.07 Å². The molecule has 0 saturated heterocycles. The van der Waals surface area contributed by atoms with Gasteiger partial charge in [0.05, 0.1) is 20.8 Å². The predicted octanol–water partition coefficient (Wildman–Crippen LogP) is 4.27. The Kier molecular flexibility index (Phi) is 4.94. The summed E-state index contributed by atoms with van der Waals surface area (Å²) in [5.74, 6) is 1.64. The minimum atomic E-state index is -0.0296. The smallest absolute Gasteiger partial charge is 0.125 e. The van der Waals surface area contributed by atoms with Gasteiger partial charge in [-0.1, -0.05) is 13.0 Å². The van der Waals surface area contributed by atoms with Gasteiger partial charge in [0, 0.05) is 18.7 Å². The Morgan fingerprint density at radius 2 is 1.78 bits per heavy atom. The standard InChI is InChI=1S/C23H27NO3/c1-4-8-24-9-7-18-21-12-23(27-3)15(14-25)10-19(21)17-6-5-16(26-2)11-20(17)22(18)13-24/h5-6,10-12,25H,4,7-9,13-14H2,1-3H3. The molecule has 0 aliphatic carbocycles. The van der Waals surface area contributed by atoms with Crippen LogP contribution in [0.2, 0.25) is 0 Å². The summed E-state index contributed by atoms with van der Waals surface area (Å²) in [7, 11) is 3.38. The Hall–Kier alpha value is -2.30. The van der Waals surface area contributed by atoms with E-state index in [0.29, 0.717) is 0 Å². The second-order valence-corrected chi connectivity index (χ2v) is 7.26. The van der Waals surface area contributed by atoms with Gasteiger partial charge in [0.2, 0.25) is 0 Å². The normalized spacial score (nSPS) is 14.5. The summed E-state index contributed by atoms with van der Waals surface area (Å²) in [6, 6.07) is 10.5. The summed E-state index contributed by atoms with van der Waals surface area (Å²) in [6.45, 7) is 5.37. The molecule has 0 unspecified atom stereocenters. The van der Waals surface area contributed by atoms with Crippen molar-refractivity contribution < 1.29 is 14.6 Å². The van der Waals surface area contributed by atoms with Gasteiger partial charge in [-0.25, -0.2) is 0 Å². The van der Waals surface area contributed by atoms with Crippen LogP contribution in [0.5, 0.6) is 11.5 Å². The lowest BCUT2D eigenvalue weighted by Crippen LogP contribution is -2.31. The van der Waals surface area contributed by atoms with Gasteiger partial charge >= 0.3 is 0 Å².